The van der Waals surface area contributed by atoms with Gasteiger partial charge in [-0.15, -0.1) is 11.3 Å². The number of nitrogens with zero attached hydrogens (tertiary/aromatic N) is 2. The van der Waals surface area contributed by atoms with Crippen LogP contribution in [0.15, 0.2) is 17.5 Å². The van der Waals surface area contributed by atoms with E-state index in [4.69, 9.17) is 0 Å². The van der Waals surface area contributed by atoms with Crippen LogP contribution in [0.25, 0.3) is 0 Å². The van der Waals surface area contributed by atoms with E-state index in [0.29, 0.717) is 0 Å². The fraction of sp³-hybridized carbons (Fsp3) is 0.500. The van der Waals surface area contributed by atoms with Crippen LogP contribution < -0.4 is 0 Å². The zero-order valence-electron chi connectivity index (χ0n) is 10.5. The Balaban J connectivity index is 1.85. The summed E-state index contributed by atoms with van der Waals surface area (Å²) in [4.78, 5) is 26.2. The number of halogens is 3. The standard InChI is InChI=1S/C12H13F3N2O2S/c13-12(14,15)11(19)17-5-3-16(4-6-17)10(18)8-9-2-1-7-20-9/h1-2,7H,3-6,8H2. The summed E-state index contributed by atoms with van der Waals surface area (Å²) in [6.07, 6.45) is -4.59. The highest BCUT2D eigenvalue weighted by molar-refractivity contribution is 7.10. The monoisotopic (exact) mass is 306 g/mol. The molecule has 0 atom stereocenters. The minimum Gasteiger partial charge on any atom is -0.339 e. The highest BCUT2D eigenvalue weighted by atomic mass is 32.1. The van der Waals surface area contributed by atoms with Crippen LogP contribution in [-0.2, 0) is 16.0 Å². The molecule has 1 aliphatic heterocycles. The first-order chi connectivity index (χ1) is 9.38. The van der Waals surface area contributed by atoms with Crippen molar-refractivity contribution in [1.82, 2.24) is 9.80 Å². The Hall–Kier alpha value is -1.57. The van der Waals surface area contributed by atoms with Crippen LogP contribution >= 0.6 is 11.3 Å². The van der Waals surface area contributed by atoms with Gasteiger partial charge in [0.05, 0.1) is 6.42 Å². The lowest BCUT2D eigenvalue weighted by Gasteiger charge is -2.35. The molecule has 2 rings (SSSR count). The van der Waals surface area contributed by atoms with E-state index >= 15 is 0 Å². The van der Waals surface area contributed by atoms with Crippen LogP contribution in [0.2, 0.25) is 0 Å². The molecule has 2 heterocycles. The average Bonchev–Trinajstić information content (AvgIpc) is 2.90. The third kappa shape index (κ3) is 3.50. The lowest BCUT2D eigenvalue weighted by Crippen LogP contribution is -2.53. The second-order valence-corrected chi connectivity index (χ2v) is 5.46. The van der Waals surface area contributed by atoms with Gasteiger partial charge < -0.3 is 9.80 Å². The maximum absolute atomic E-state index is 12.3. The maximum atomic E-state index is 12.3. The van der Waals surface area contributed by atoms with Gasteiger partial charge in [-0.25, -0.2) is 0 Å². The zero-order chi connectivity index (χ0) is 14.8. The Morgan fingerprint density at radius 2 is 1.75 bits per heavy atom. The summed E-state index contributed by atoms with van der Waals surface area (Å²) in [7, 11) is 0. The van der Waals surface area contributed by atoms with Gasteiger partial charge in [-0.3, -0.25) is 9.59 Å². The molecule has 1 fully saturated rings. The molecule has 0 aliphatic carbocycles. The molecule has 1 aromatic rings. The predicted molar refractivity (Wildman–Crippen MR) is 67.2 cm³/mol. The van der Waals surface area contributed by atoms with Gasteiger partial charge >= 0.3 is 12.1 Å². The average molecular weight is 306 g/mol. The topological polar surface area (TPSA) is 40.6 Å². The molecule has 2 amide bonds. The molecular formula is C12H13F3N2O2S. The third-order valence-corrected chi connectivity index (χ3v) is 3.94. The van der Waals surface area contributed by atoms with Crippen LogP contribution in [0.4, 0.5) is 13.2 Å². The second-order valence-electron chi connectivity index (χ2n) is 4.43. The molecule has 0 radical (unpaired) electrons. The van der Waals surface area contributed by atoms with E-state index in [1.807, 2.05) is 17.5 Å². The number of hydrogen-bond acceptors (Lipinski definition) is 3. The van der Waals surface area contributed by atoms with E-state index in [0.717, 1.165) is 9.78 Å². The summed E-state index contributed by atoms with van der Waals surface area (Å²) in [6, 6.07) is 3.68. The van der Waals surface area contributed by atoms with Crippen molar-refractivity contribution in [1.29, 1.82) is 0 Å². The minimum absolute atomic E-state index is 0.0749. The van der Waals surface area contributed by atoms with Crippen LogP contribution in [0.5, 0.6) is 0 Å². The summed E-state index contributed by atoms with van der Waals surface area (Å²) in [6.45, 7) is 0.140. The number of thiophene rings is 1. The van der Waals surface area contributed by atoms with E-state index in [1.54, 1.807) is 0 Å². The molecule has 1 aromatic heterocycles. The van der Waals surface area contributed by atoms with E-state index in [-0.39, 0.29) is 38.5 Å². The third-order valence-electron chi connectivity index (χ3n) is 3.07. The molecule has 110 valence electrons. The number of hydrogen-bond donors (Lipinski definition) is 0. The lowest BCUT2D eigenvalue weighted by molar-refractivity contribution is -0.187. The molecule has 0 aromatic carbocycles. The summed E-state index contributed by atoms with van der Waals surface area (Å²) >= 11 is 1.46. The molecular weight excluding hydrogens is 293 g/mol. The molecule has 8 heteroatoms. The highest BCUT2D eigenvalue weighted by Crippen LogP contribution is 2.20. The van der Waals surface area contributed by atoms with E-state index in [9.17, 15) is 22.8 Å². The summed E-state index contributed by atoms with van der Waals surface area (Å²) < 4.78 is 36.8. The van der Waals surface area contributed by atoms with Crippen molar-refractivity contribution < 1.29 is 22.8 Å². The van der Waals surface area contributed by atoms with Crippen LogP contribution in [0.1, 0.15) is 4.88 Å². The van der Waals surface area contributed by atoms with Gasteiger partial charge in [-0.1, -0.05) is 6.07 Å². The number of carbonyl (C=O) groups is 2. The maximum Gasteiger partial charge on any atom is 0.471 e. The Morgan fingerprint density at radius 3 is 2.25 bits per heavy atom. The van der Waals surface area contributed by atoms with Crippen molar-refractivity contribution in [2.24, 2.45) is 0 Å². The van der Waals surface area contributed by atoms with E-state index < -0.39 is 12.1 Å². The number of piperazine rings is 1. The first kappa shape index (κ1) is 14.8. The van der Waals surface area contributed by atoms with Gasteiger partial charge in [0.15, 0.2) is 0 Å². The number of alkyl halides is 3. The minimum atomic E-state index is -4.84. The number of amides is 2. The van der Waals surface area contributed by atoms with Gasteiger partial charge in [0, 0.05) is 31.1 Å². The van der Waals surface area contributed by atoms with Crippen molar-refractivity contribution in [2.75, 3.05) is 26.2 Å². The van der Waals surface area contributed by atoms with Crippen molar-refractivity contribution in [3.05, 3.63) is 22.4 Å². The number of carbonyl (C=O) groups excluding carboxylic acids is 2. The normalized spacial score (nSPS) is 16.4. The van der Waals surface area contributed by atoms with Crippen LogP contribution in [-0.4, -0.2) is 54.0 Å². The van der Waals surface area contributed by atoms with Gasteiger partial charge in [0.1, 0.15) is 0 Å². The molecule has 0 saturated carbocycles. The zero-order valence-corrected chi connectivity index (χ0v) is 11.3. The van der Waals surface area contributed by atoms with Gasteiger partial charge in [-0.05, 0) is 11.4 Å². The molecule has 0 unspecified atom stereocenters. The smallest absolute Gasteiger partial charge is 0.339 e. The first-order valence-electron chi connectivity index (χ1n) is 6.04. The number of rotatable bonds is 2. The van der Waals surface area contributed by atoms with Crippen LogP contribution in [0.3, 0.4) is 0 Å². The molecule has 1 aliphatic rings. The molecule has 0 bridgehead atoms. The van der Waals surface area contributed by atoms with E-state index in [2.05, 4.69) is 0 Å². The summed E-state index contributed by atoms with van der Waals surface area (Å²) in [5, 5.41) is 1.86. The lowest BCUT2D eigenvalue weighted by atomic mass is 10.2. The second kappa shape index (κ2) is 5.82. The molecule has 1 saturated heterocycles. The van der Waals surface area contributed by atoms with E-state index in [1.165, 1.54) is 16.2 Å². The fourth-order valence-electron chi connectivity index (χ4n) is 2.01. The molecule has 4 nitrogen and oxygen atoms in total. The SMILES string of the molecule is O=C(Cc1cccs1)N1CCN(C(=O)C(F)(F)F)CC1. The van der Waals surface area contributed by atoms with Gasteiger partial charge in [0.25, 0.3) is 0 Å². The quantitative estimate of drug-likeness (QED) is 0.831. The Labute approximate surface area is 117 Å². The Bertz CT molecular complexity index is 479. The molecule has 20 heavy (non-hydrogen) atoms. The highest BCUT2D eigenvalue weighted by Gasteiger charge is 2.43. The first-order valence-corrected chi connectivity index (χ1v) is 6.92. The van der Waals surface area contributed by atoms with Crippen molar-refractivity contribution in [3.8, 4) is 0 Å². The fourth-order valence-corrected chi connectivity index (χ4v) is 2.71. The van der Waals surface area contributed by atoms with Crippen LogP contribution in [0, 0.1) is 0 Å². The van der Waals surface area contributed by atoms with Crippen molar-refractivity contribution >= 4 is 23.2 Å². The predicted octanol–water partition coefficient (Wildman–Crippen LogP) is 1.52. The largest absolute Gasteiger partial charge is 0.471 e. The summed E-state index contributed by atoms with van der Waals surface area (Å²) in [5.74, 6) is -1.95. The molecule has 0 N–H and O–H groups in total. The Morgan fingerprint density at radius 1 is 1.15 bits per heavy atom. The van der Waals surface area contributed by atoms with Gasteiger partial charge in [-0.2, -0.15) is 13.2 Å². The van der Waals surface area contributed by atoms with Crippen molar-refractivity contribution in [2.45, 2.75) is 12.6 Å². The summed E-state index contributed by atoms with van der Waals surface area (Å²) in [5.41, 5.74) is 0. The van der Waals surface area contributed by atoms with Gasteiger partial charge in [0.2, 0.25) is 5.91 Å². The van der Waals surface area contributed by atoms with Crippen molar-refractivity contribution in [3.63, 3.8) is 0 Å². The Kier molecular flexibility index (Phi) is 4.32. The molecule has 0 spiro atoms.